The molecule has 162 valence electrons. The van der Waals surface area contributed by atoms with Crippen LogP contribution in [-0.4, -0.2) is 53.9 Å². The Morgan fingerprint density at radius 1 is 1.03 bits per heavy atom. The topological polar surface area (TPSA) is 104 Å². The summed E-state index contributed by atoms with van der Waals surface area (Å²) in [5.74, 6) is -2.95. The summed E-state index contributed by atoms with van der Waals surface area (Å²) in [6.07, 6.45) is 4.56. The van der Waals surface area contributed by atoms with Gasteiger partial charge in [0, 0.05) is 25.4 Å². The van der Waals surface area contributed by atoms with Crippen LogP contribution in [0, 0.1) is 17.2 Å². The summed E-state index contributed by atoms with van der Waals surface area (Å²) in [6.45, 7) is 1.22. The summed E-state index contributed by atoms with van der Waals surface area (Å²) < 4.78 is 14.9. The fraction of sp³-hybridized carbons (Fsp3) is 0.500. The van der Waals surface area contributed by atoms with Gasteiger partial charge in [-0.1, -0.05) is 0 Å². The van der Waals surface area contributed by atoms with E-state index < -0.39 is 35.5 Å². The van der Waals surface area contributed by atoms with Gasteiger partial charge in [0.25, 0.3) is 11.8 Å². The van der Waals surface area contributed by atoms with E-state index in [1.807, 2.05) is 4.90 Å². The summed E-state index contributed by atoms with van der Waals surface area (Å²) >= 11 is 0. The second-order valence-corrected chi connectivity index (χ2v) is 9.09. The molecule has 0 aromatic heterocycles. The number of fused-ring (bicyclic) bond motifs is 1. The Kier molecular flexibility index (Phi) is 4.46. The van der Waals surface area contributed by atoms with Crippen LogP contribution in [0.5, 0.6) is 0 Å². The molecule has 3 heterocycles. The molecule has 5 rings (SSSR count). The molecule has 1 spiro atoms. The first-order valence-electron chi connectivity index (χ1n) is 10.6. The number of anilines is 1. The number of nitrogens with one attached hydrogen (secondary N) is 1. The zero-order chi connectivity index (χ0) is 21.9. The summed E-state index contributed by atoms with van der Waals surface area (Å²) in [5.41, 5.74) is 0.448. The molecule has 2 saturated heterocycles. The summed E-state index contributed by atoms with van der Waals surface area (Å²) in [5, 5.41) is 2.15. The quantitative estimate of drug-likeness (QED) is 0.578. The molecule has 1 N–H and O–H groups in total. The van der Waals surface area contributed by atoms with Gasteiger partial charge in [0.2, 0.25) is 11.8 Å². The molecular formula is C22H22FN3O5. The van der Waals surface area contributed by atoms with Crippen LogP contribution < -0.4 is 10.2 Å². The third kappa shape index (κ3) is 3.05. The minimum absolute atomic E-state index is 0.0317. The molecule has 0 radical (unpaired) electrons. The fourth-order valence-corrected chi connectivity index (χ4v) is 5.50. The third-order valence-electron chi connectivity index (χ3n) is 7.25. The van der Waals surface area contributed by atoms with Crippen molar-refractivity contribution in [2.45, 2.75) is 44.6 Å². The number of carbonyl (C=O) groups is 5. The molecular weight excluding hydrogens is 405 g/mol. The zero-order valence-corrected chi connectivity index (χ0v) is 16.9. The van der Waals surface area contributed by atoms with Gasteiger partial charge in [-0.15, -0.1) is 0 Å². The van der Waals surface area contributed by atoms with Gasteiger partial charge in [-0.2, -0.15) is 0 Å². The Balaban J connectivity index is 1.37. The lowest BCUT2D eigenvalue weighted by Crippen LogP contribution is -2.54. The Morgan fingerprint density at radius 3 is 2.29 bits per heavy atom. The number of halogens is 1. The van der Waals surface area contributed by atoms with Crippen LogP contribution in [0.1, 0.15) is 59.2 Å². The minimum Gasteiger partial charge on any atom is -0.369 e. The average molecular weight is 427 g/mol. The lowest BCUT2D eigenvalue weighted by atomic mass is 9.58. The van der Waals surface area contributed by atoms with Crippen LogP contribution in [0.4, 0.5) is 10.1 Å². The van der Waals surface area contributed by atoms with Crippen molar-refractivity contribution in [2.75, 3.05) is 18.0 Å². The normalized spacial score (nSPS) is 25.5. The molecule has 1 aliphatic carbocycles. The molecule has 3 fully saturated rings. The van der Waals surface area contributed by atoms with E-state index in [2.05, 4.69) is 5.32 Å². The van der Waals surface area contributed by atoms with E-state index in [1.165, 1.54) is 6.07 Å². The first-order valence-corrected chi connectivity index (χ1v) is 10.6. The number of piperidine rings is 2. The van der Waals surface area contributed by atoms with Crippen LogP contribution in [-0.2, 0) is 14.4 Å². The van der Waals surface area contributed by atoms with Gasteiger partial charge in [-0.3, -0.25) is 29.4 Å². The van der Waals surface area contributed by atoms with Crippen LogP contribution in [0.2, 0.25) is 0 Å². The van der Waals surface area contributed by atoms with E-state index >= 15 is 0 Å². The number of hydrogen-bond acceptors (Lipinski definition) is 6. The molecule has 1 aromatic carbocycles. The average Bonchev–Trinajstić information content (AvgIpc) is 2.96. The van der Waals surface area contributed by atoms with E-state index in [-0.39, 0.29) is 41.0 Å². The maximum absolute atomic E-state index is 14.9. The molecule has 31 heavy (non-hydrogen) atoms. The van der Waals surface area contributed by atoms with Crippen LogP contribution in [0.15, 0.2) is 12.1 Å². The SMILES string of the molecule is O=CC1CC2(CCN(c3cc4c(cc3F)C(=O)N(C3CCC(=O)NC3=O)C4=O)CC2)C1. The van der Waals surface area contributed by atoms with Crippen molar-refractivity contribution in [1.82, 2.24) is 10.2 Å². The molecule has 1 atom stereocenters. The lowest BCUT2D eigenvalue weighted by Gasteiger charge is -2.51. The van der Waals surface area contributed by atoms with E-state index in [1.54, 1.807) is 0 Å². The standard InChI is InChI=1S/C22H22FN3O5/c23-15-7-13-14(21(31)26(20(13)30)16-1-2-18(28)24-19(16)29)8-17(15)25-5-3-22(4-6-25)9-12(10-22)11-27/h7-8,11-12,16H,1-6,9-10H2,(H,24,28,29). The smallest absolute Gasteiger partial charge is 0.262 e. The Hall–Kier alpha value is -3.10. The highest BCUT2D eigenvalue weighted by Crippen LogP contribution is 2.52. The first kappa shape index (κ1) is 19.8. The monoisotopic (exact) mass is 427 g/mol. The number of aldehydes is 1. The number of amides is 4. The minimum atomic E-state index is -1.07. The van der Waals surface area contributed by atoms with Gasteiger partial charge in [0.15, 0.2) is 0 Å². The number of benzene rings is 1. The summed E-state index contributed by atoms with van der Waals surface area (Å²) in [7, 11) is 0. The van der Waals surface area contributed by atoms with E-state index in [4.69, 9.17) is 0 Å². The van der Waals surface area contributed by atoms with Crippen molar-refractivity contribution >= 4 is 35.6 Å². The lowest BCUT2D eigenvalue weighted by molar-refractivity contribution is -0.136. The van der Waals surface area contributed by atoms with E-state index in [9.17, 15) is 28.4 Å². The van der Waals surface area contributed by atoms with Crippen molar-refractivity contribution in [2.24, 2.45) is 11.3 Å². The predicted molar refractivity (Wildman–Crippen MR) is 106 cm³/mol. The summed E-state index contributed by atoms with van der Waals surface area (Å²) in [4.78, 5) is 63.0. The molecule has 4 amide bonds. The van der Waals surface area contributed by atoms with Crippen LogP contribution >= 0.6 is 0 Å². The molecule has 9 heteroatoms. The third-order valence-corrected chi connectivity index (χ3v) is 7.25. The number of carbonyl (C=O) groups excluding carboxylic acids is 5. The maximum Gasteiger partial charge on any atom is 0.262 e. The van der Waals surface area contributed by atoms with Crippen molar-refractivity contribution in [3.8, 4) is 0 Å². The molecule has 1 aromatic rings. The summed E-state index contributed by atoms with van der Waals surface area (Å²) in [6, 6.07) is 1.41. The molecule has 1 saturated carbocycles. The van der Waals surface area contributed by atoms with Gasteiger partial charge in [-0.05, 0) is 49.7 Å². The first-order chi connectivity index (χ1) is 14.8. The number of hydrogen-bond donors (Lipinski definition) is 1. The molecule has 3 aliphatic heterocycles. The zero-order valence-electron chi connectivity index (χ0n) is 16.9. The highest BCUT2D eigenvalue weighted by molar-refractivity contribution is 6.23. The van der Waals surface area contributed by atoms with E-state index in [0.29, 0.717) is 13.1 Å². The van der Waals surface area contributed by atoms with Gasteiger partial charge in [0.05, 0.1) is 16.8 Å². The highest BCUT2D eigenvalue weighted by atomic mass is 19.1. The molecule has 4 aliphatic rings. The van der Waals surface area contributed by atoms with Crippen molar-refractivity contribution in [3.05, 3.63) is 29.1 Å². The predicted octanol–water partition coefficient (Wildman–Crippen LogP) is 1.42. The maximum atomic E-state index is 14.9. The van der Waals surface area contributed by atoms with Gasteiger partial charge in [-0.25, -0.2) is 4.39 Å². The second kappa shape index (κ2) is 6.96. The van der Waals surface area contributed by atoms with Gasteiger partial charge >= 0.3 is 0 Å². The van der Waals surface area contributed by atoms with Crippen LogP contribution in [0.25, 0.3) is 0 Å². The number of imide groups is 2. The Labute approximate surface area is 177 Å². The second-order valence-electron chi connectivity index (χ2n) is 9.09. The molecule has 0 bridgehead atoms. The fourth-order valence-electron chi connectivity index (χ4n) is 5.50. The van der Waals surface area contributed by atoms with Gasteiger partial charge < -0.3 is 9.69 Å². The van der Waals surface area contributed by atoms with E-state index in [0.717, 1.165) is 42.9 Å². The van der Waals surface area contributed by atoms with Gasteiger partial charge in [0.1, 0.15) is 18.1 Å². The van der Waals surface area contributed by atoms with Crippen molar-refractivity contribution < 1.29 is 28.4 Å². The van der Waals surface area contributed by atoms with Crippen LogP contribution in [0.3, 0.4) is 0 Å². The highest BCUT2D eigenvalue weighted by Gasteiger charge is 2.47. The van der Waals surface area contributed by atoms with Crippen molar-refractivity contribution in [1.29, 1.82) is 0 Å². The largest absolute Gasteiger partial charge is 0.369 e. The molecule has 1 unspecified atom stereocenters. The Bertz CT molecular complexity index is 1020. The number of rotatable bonds is 3. The number of nitrogens with zero attached hydrogens (tertiary/aromatic N) is 2. The molecule has 8 nitrogen and oxygen atoms in total. The Morgan fingerprint density at radius 2 is 1.68 bits per heavy atom. The van der Waals surface area contributed by atoms with Crippen molar-refractivity contribution in [3.63, 3.8) is 0 Å².